The predicted molar refractivity (Wildman–Crippen MR) is 79.5 cm³/mol. The number of methoxy groups -OCH3 is 1. The standard InChI is InChI=1S/C16H26N2O/c1-3-16(13-19-2)18-10-9-17-15(12-18)11-14-7-5-4-6-8-14/h4-8,15-17H,3,9-13H2,1-2H3. The number of hydrogen-bond acceptors (Lipinski definition) is 3. The van der Waals surface area contributed by atoms with Crippen LogP contribution >= 0.6 is 0 Å². The van der Waals surface area contributed by atoms with Crippen LogP contribution < -0.4 is 5.32 Å². The molecule has 0 aromatic heterocycles. The summed E-state index contributed by atoms with van der Waals surface area (Å²) in [7, 11) is 1.80. The maximum Gasteiger partial charge on any atom is 0.0617 e. The van der Waals surface area contributed by atoms with Gasteiger partial charge in [0.2, 0.25) is 0 Å². The fraction of sp³-hybridized carbons (Fsp3) is 0.625. The lowest BCUT2D eigenvalue weighted by Gasteiger charge is -2.38. The summed E-state index contributed by atoms with van der Waals surface area (Å²) < 4.78 is 5.34. The summed E-state index contributed by atoms with van der Waals surface area (Å²) in [5.74, 6) is 0. The van der Waals surface area contributed by atoms with E-state index in [9.17, 15) is 0 Å². The molecule has 1 saturated heterocycles. The third-order valence-corrected chi connectivity index (χ3v) is 3.96. The van der Waals surface area contributed by atoms with Crippen molar-refractivity contribution in [1.82, 2.24) is 10.2 Å². The van der Waals surface area contributed by atoms with Gasteiger partial charge in [-0.15, -0.1) is 0 Å². The molecule has 1 N–H and O–H groups in total. The topological polar surface area (TPSA) is 24.5 Å². The Bertz CT molecular complexity index is 355. The van der Waals surface area contributed by atoms with Crippen LogP contribution in [0.25, 0.3) is 0 Å². The van der Waals surface area contributed by atoms with Gasteiger partial charge in [-0.05, 0) is 18.4 Å². The average molecular weight is 262 g/mol. The first-order chi connectivity index (χ1) is 9.33. The maximum absolute atomic E-state index is 5.34. The summed E-state index contributed by atoms with van der Waals surface area (Å²) in [6.45, 7) is 6.42. The maximum atomic E-state index is 5.34. The molecule has 0 spiro atoms. The molecule has 2 unspecified atom stereocenters. The number of benzene rings is 1. The smallest absolute Gasteiger partial charge is 0.0617 e. The first-order valence-electron chi connectivity index (χ1n) is 7.33. The highest BCUT2D eigenvalue weighted by atomic mass is 16.5. The lowest BCUT2D eigenvalue weighted by atomic mass is 10.0. The van der Waals surface area contributed by atoms with Crippen LogP contribution in [-0.2, 0) is 11.2 Å². The van der Waals surface area contributed by atoms with Crippen LogP contribution in [0.2, 0.25) is 0 Å². The highest BCUT2D eigenvalue weighted by molar-refractivity contribution is 5.16. The van der Waals surface area contributed by atoms with E-state index in [1.54, 1.807) is 7.11 Å². The second-order valence-electron chi connectivity index (χ2n) is 5.35. The minimum absolute atomic E-state index is 0.557. The van der Waals surface area contributed by atoms with Crippen molar-refractivity contribution in [2.75, 3.05) is 33.4 Å². The van der Waals surface area contributed by atoms with E-state index in [1.165, 1.54) is 5.56 Å². The molecule has 1 aliphatic rings. The lowest BCUT2D eigenvalue weighted by molar-refractivity contribution is 0.0673. The second kappa shape index (κ2) is 7.63. The number of nitrogens with zero attached hydrogens (tertiary/aromatic N) is 1. The molecule has 1 aromatic carbocycles. The van der Waals surface area contributed by atoms with Crippen molar-refractivity contribution in [3.05, 3.63) is 35.9 Å². The first-order valence-corrected chi connectivity index (χ1v) is 7.33. The quantitative estimate of drug-likeness (QED) is 0.848. The van der Waals surface area contributed by atoms with Crippen LogP contribution in [0.4, 0.5) is 0 Å². The average Bonchev–Trinajstić information content (AvgIpc) is 2.46. The highest BCUT2D eigenvalue weighted by Crippen LogP contribution is 2.12. The Morgan fingerprint density at radius 1 is 1.37 bits per heavy atom. The summed E-state index contributed by atoms with van der Waals surface area (Å²) in [6, 6.07) is 11.9. The van der Waals surface area contributed by atoms with Gasteiger partial charge >= 0.3 is 0 Å². The van der Waals surface area contributed by atoms with Gasteiger partial charge in [-0.3, -0.25) is 4.90 Å². The number of piperazine rings is 1. The van der Waals surface area contributed by atoms with Gasteiger partial charge in [0.05, 0.1) is 6.61 Å². The zero-order valence-electron chi connectivity index (χ0n) is 12.1. The Morgan fingerprint density at radius 3 is 2.84 bits per heavy atom. The van der Waals surface area contributed by atoms with Crippen molar-refractivity contribution < 1.29 is 4.74 Å². The summed E-state index contributed by atoms with van der Waals surface area (Å²) in [4.78, 5) is 2.58. The van der Waals surface area contributed by atoms with E-state index in [4.69, 9.17) is 4.74 Å². The Labute approximate surface area is 116 Å². The second-order valence-corrected chi connectivity index (χ2v) is 5.35. The van der Waals surface area contributed by atoms with E-state index in [2.05, 4.69) is 47.5 Å². The van der Waals surface area contributed by atoms with Gasteiger partial charge in [0.15, 0.2) is 0 Å². The van der Waals surface area contributed by atoms with Gasteiger partial charge in [-0.2, -0.15) is 0 Å². The summed E-state index contributed by atoms with van der Waals surface area (Å²) >= 11 is 0. The van der Waals surface area contributed by atoms with Gasteiger partial charge in [-0.1, -0.05) is 37.3 Å². The molecule has 2 rings (SSSR count). The number of hydrogen-bond donors (Lipinski definition) is 1. The molecule has 3 nitrogen and oxygen atoms in total. The van der Waals surface area contributed by atoms with Crippen molar-refractivity contribution >= 4 is 0 Å². The molecule has 1 fully saturated rings. The third-order valence-electron chi connectivity index (χ3n) is 3.96. The van der Waals surface area contributed by atoms with Gasteiger partial charge < -0.3 is 10.1 Å². The SMILES string of the molecule is CCC(COC)N1CCNC(Cc2ccccc2)C1. The van der Waals surface area contributed by atoms with Crippen molar-refractivity contribution in [2.45, 2.75) is 31.8 Å². The molecule has 19 heavy (non-hydrogen) atoms. The molecule has 106 valence electrons. The fourth-order valence-electron chi connectivity index (χ4n) is 2.89. The van der Waals surface area contributed by atoms with Crippen LogP contribution in [-0.4, -0.2) is 50.3 Å². The van der Waals surface area contributed by atoms with Crippen LogP contribution in [0, 0.1) is 0 Å². The largest absolute Gasteiger partial charge is 0.383 e. The van der Waals surface area contributed by atoms with Crippen LogP contribution in [0.5, 0.6) is 0 Å². The molecule has 0 saturated carbocycles. The number of nitrogens with one attached hydrogen (secondary N) is 1. The third kappa shape index (κ3) is 4.30. The van der Waals surface area contributed by atoms with E-state index in [0.29, 0.717) is 12.1 Å². The molecular weight excluding hydrogens is 236 g/mol. The predicted octanol–water partition coefficient (Wildman–Crippen LogP) is 1.93. The summed E-state index contributed by atoms with van der Waals surface area (Å²) in [5, 5.41) is 3.64. The van der Waals surface area contributed by atoms with Crippen molar-refractivity contribution in [3.63, 3.8) is 0 Å². The van der Waals surface area contributed by atoms with E-state index in [1.807, 2.05) is 0 Å². The minimum Gasteiger partial charge on any atom is -0.383 e. The molecule has 3 heteroatoms. The van der Waals surface area contributed by atoms with Crippen molar-refractivity contribution in [1.29, 1.82) is 0 Å². The fourth-order valence-corrected chi connectivity index (χ4v) is 2.89. The molecule has 0 aliphatic carbocycles. The van der Waals surface area contributed by atoms with Gasteiger partial charge in [0.25, 0.3) is 0 Å². The normalized spacial score (nSPS) is 22.3. The highest BCUT2D eigenvalue weighted by Gasteiger charge is 2.24. The zero-order valence-corrected chi connectivity index (χ0v) is 12.1. The van der Waals surface area contributed by atoms with Crippen LogP contribution in [0.15, 0.2) is 30.3 Å². The Balaban J connectivity index is 1.89. The number of rotatable bonds is 6. The first kappa shape index (κ1) is 14.5. The van der Waals surface area contributed by atoms with Crippen molar-refractivity contribution in [2.24, 2.45) is 0 Å². The van der Waals surface area contributed by atoms with E-state index in [-0.39, 0.29) is 0 Å². The van der Waals surface area contributed by atoms with Crippen LogP contribution in [0.1, 0.15) is 18.9 Å². The van der Waals surface area contributed by atoms with Crippen molar-refractivity contribution in [3.8, 4) is 0 Å². The van der Waals surface area contributed by atoms with E-state index in [0.717, 1.165) is 39.1 Å². The Hall–Kier alpha value is -0.900. The molecule has 2 atom stereocenters. The lowest BCUT2D eigenvalue weighted by Crippen LogP contribution is -2.55. The molecule has 1 aromatic rings. The van der Waals surface area contributed by atoms with Gasteiger partial charge in [0.1, 0.15) is 0 Å². The summed E-state index contributed by atoms with van der Waals surface area (Å²) in [6.07, 6.45) is 2.27. The van der Waals surface area contributed by atoms with Gasteiger partial charge in [-0.25, -0.2) is 0 Å². The molecule has 0 radical (unpaired) electrons. The zero-order chi connectivity index (χ0) is 13.5. The van der Waals surface area contributed by atoms with Crippen LogP contribution in [0.3, 0.4) is 0 Å². The van der Waals surface area contributed by atoms with Gasteiger partial charge in [0, 0.05) is 38.8 Å². The molecular formula is C16H26N2O. The number of ether oxygens (including phenoxy) is 1. The molecule has 0 bridgehead atoms. The Morgan fingerprint density at radius 2 is 2.16 bits per heavy atom. The monoisotopic (exact) mass is 262 g/mol. The molecule has 1 aliphatic heterocycles. The molecule has 0 amide bonds. The Kier molecular flexibility index (Phi) is 5.83. The van der Waals surface area contributed by atoms with E-state index >= 15 is 0 Å². The van der Waals surface area contributed by atoms with E-state index < -0.39 is 0 Å². The minimum atomic E-state index is 0.557. The molecule has 1 heterocycles. The summed E-state index contributed by atoms with van der Waals surface area (Å²) in [5.41, 5.74) is 1.42.